The third-order valence-electron chi connectivity index (χ3n) is 2.56. The van der Waals surface area contributed by atoms with Gasteiger partial charge in [0.1, 0.15) is 5.60 Å². The molecular formula is C12H22ClN3O3. The second-order valence-electron chi connectivity index (χ2n) is 5.50. The maximum Gasteiger partial charge on any atom is 0.410 e. The van der Waals surface area contributed by atoms with Gasteiger partial charge in [-0.1, -0.05) is 0 Å². The van der Waals surface area contributed by atoms with Gasteiger partial charge in [-0.15, -0.1) is 11.6 Å². The number of hydrogen-bond acceptors (Lipinski definition) is 3. The Bertz CT molecular complexity index is 331. The predicted molar refractivity (Wildman–Crippen MR) is 73.5 cm³/mol. The average molecular weight is 292 g/mol. The number of amides is 3. The van der Waals surface area contributed by atoms with Crippen molar-refractivity contribution in [3.05, 3.63) is 0 Å². The van der Waals surface area contributed by atoms with Gasteiger partial charge in [-0.25, -0.2) is 9.59 Å². The van der Waals surface area contributed by atoms with Gasteiger partial charge in [0.25, 0.3) is 0 Å². The van der Waals surface area contributed by atoms with Crippen LogP contribution in [0.1, 0.15) is 27.2 Å². The summed E-state index contributed by atoms with van der Waals surface area (Å²) < 4.78 is 5.28. The van der Waals surface area contributed by atoms with Gasteiger partial charge in [0, 0.05) is 31.6 Å². The van der Waals surface area contributed by atoms with Crippen LogP contribution in [0.3, 0.4) is 0 Å². The molecule has 0 aromatic heterocycles. The van der Waals surface area contributed by atoms with E-state index in [0.717, 1.165) is 6.42 Å². The number of nitrogens with one attached hydrogen (secondary N) is 2. The summed E-state index contributed by atoms with van der Waals surface area (Å²) in [5.74, 6) is 0.377. The largest absolute Gasteiger partial charge is 0.444 e. The summed E-state index contributed by atoms with van der Waals surface area (Å²) in [6, 6.07) is -0.292. The van der Waals surface area contributed by atoms with Crippen LogP contribution in [-0.2, 0) is 4.74 Å². The summed E-state index contributed by atoms with van der Waals surface area (Å²) >= 11 is 5.48. The van der Waals surface area contributed by atoms with E-state index in [4.69, 9.17) is 16.3 Å². The van der Waals surface area contributed by atoms with Crippen molar-refractivity contribution in [1.82, 2.24) is 15.5 Å². The first kappa shape index (κ1) is 15.9. The first-order chi connectivity index (χ1) is 8.81. The Morgan fingerprint density at radius 3 is 2.68 bits per heavy atom. The van der Waals surface area contributed by atoms with Crippen molar-refractivity contribution >= 4 is 23.7 Å². The molecule has 1 saturated heterocycles. The van der Waals surface area contributed by atoms with Crippen LogP contribution in [0.25, 0.3) is 0 Å². The molecule has 0 aromatic rings. The quantitative estimate of drug-likeness (QED) is 0.775. The Hall–Kier alpha value is -1.17. The number of alkyl halides is 1. The van der Waals surface area contributed by atoms with Crippen LogP contribution in [0.5, 0.6) is 0 Å². The smallest absolute Gasteiger partial charge is 0.410 e. The third-order valence-corrected chi connectivity index (χ3v) is 2.74. The Balaban J connectivity index is 2.33. The van der Waals surface area contributed by atoms with Crippen molar-refractivity contribution in [3.8, 4) is 0 Å². The molecule has 0 aliphatic carbocycles. The molecule has 3 amide bonds. The molecule has 6 nitrogen and oxygen atoms in total. The minimum atomic E-state index is -0.500. The van der Waals surface area contributed by atoms with E-state index >= 15 is 0 Å². The monoisotopic (exact) mass is 291 g/mol. The Morgan fingerprint density at radius 1 is 1.42 bits per heavy atom. The number of carbonyl (C=O) groups is 2. The van der Waals surface area contributed by atoms with Crippen LogP contribution in [0.15, 0.2) is 0 Å². The molecule has 1 rings (SSSR count). The van der Waals surface area contributed by atoms with Gasteiger partial charge in [0.05, 0.1) is 0 Å². The van der Waals surface area contributed by atoms with E-state index in [1.807, 2.05) is 20.8 Å². The molecule has 110 valence electrons. The van der Waals surface area contributed by atoms with Gasteiger partial charge < -0.3 is 20.3 Å². The van der Waals surface area contributed by atoms with E-state index in [9.17, 15) is 9.59 Å². The van der Waals surface area contributed by atoms with Gasteiger partial charge in [-0.05, 0) is 27.2 Å². The Morgan fingerprint density at radius 2 is 2.11 bits per heavy atom. The number of ether oxygens (including phenoxy) is 1. The number of likely N-dealkylation sites (tertiary alicyclic amines) is 1. The van der Waals surface area contributed by atoms with Gasteiger partial charge in [0.15, 0.2) is 0 Å². The number of hydrogen-bond donors (Lipinski definition) is 2. The Kier molecular flexibility index (Phi) is 5.72. The topological polar surface area (TPSA) is 70.7 Å². The van der Waals surface area contributed by atoms with Gasteiger partial charge in [-0.3, -0.25) is 0 Å². The fourth-order valence-electron chi connectivity index (χ4n) is 1.77. The zero-order valence-corrected chi connectivity index (χ0v) is 12.4. The lowest BCUT2D eigenvalue weighted by atomic mass is 10.2. The fraction of sp³-hybridized carbons (Fsp3) is 0.833. The van der Waals surface area contributed by atoms with E-state index in [2.05, 4.69) is 10.6 Å². The number of halogens is 1. The maximum absolute atomic E-state index is 11.8. The number of rotatable bonds is 3. The van der Waals surface area contributed by atoms with E-state index in [-0.39, 0.29) is 18.2 Å². The molecule has 0 aromatic carbocycles. The molecule has 2 N–H and O–H groups in total. The van der Waals surface area contributed by atoms with Crippen LogP contribution in [-0.4, -0.2) is 54.2 Å². The van der Waals surface area contributed by atoms with Crippen molar-refractivity contribution in [2.75, 3.05) is 25.5 Å². The van der Waals surface area contributed by atoms with Crippen LogP contribution in [0, 0.1) is 0 Å². The van der Waals surface area contributed by atoms with Crippen LogP contribution in [0.4, 0.5) is 9.59 Å². The molecule has 0 radical (unpaired) electrons. The summed E-state index contributed by atoms with van der Waals surface area (Å²) in [4.78, 5) is 24.9. The minimum Gasteiger partial charge on any atom is -0.444 e. The summed E-state index contributed by atoms with van der Waals surface area (Å²) in [6.07, 6.45) is 0.394. The second-order valence-corrected chi connectivity index (χ2v) is 5.88. The highest BCUT2D eigenvalue weighted by Crippen LogP contribution is 2.15. The molecule has 1 aliphatic rings. The zero-order chi connectivity index (χ0) is 14.5. The molecule has 1 aliphatic heterocycles. The van der Waals surface area contributed by atoms with Crippen LogP contribution < -0.4 is 10.6 Å². The molecule has 1 heterocycles. The van der Waals surface area contributed by atoms with Crippen molar-refractivity contribution < 1.29 is 14.3 Å². The summed E-state index contributed by atoms with van der Waals surface area (Å²) in [6.45, 7) is 6.98. The SMILES string of the molecule is CC(C)(C)OC(=O)N1CCC(NC(=O)NCCCl)C1. The third kappa shape index (κ3) is 6.00. The molecule has 19 heavy (non-hydrogen) atoms. The molecule has 0 saturated carbocycles. The van der Waals surface area contributed by atoms with Crippen molar-refractivity contribution in [1.29, 1.82) is 0 Å². The molecule has 7 heteroatoms. The normalized spacial score (nSPS) is 19.2. The first-order valence-electron chi connectivity index (χ1n) is 6.40. The summed E-state index contributed by atoms with van der Waals surface area (Å²) in [7, 11) is 0. The summed E-state index contributed by atoms with van der Waals surface area (Å²) in [5, 5.41) is 5.43. The molecule has 0 bridgehead atoms. The van der Waals surface area contributed by atoms with Crippen LogP contribution in [0.2, 0.25) is 0 Å². The molecular weight excluding hydrogens is 270 g/mol. The maximum atomic E-state index is 11.8. The zero-order valence-electron chi connectivity index (χ0n) is 11.7. The highest BCUT2D eigenvalue weighted by Gasteiger charge is 2.30. The number of nitrogens with zero attached hydrogens (tertiary/aromatic N) is 1. The minimum absolute atomic E-state index is 0.0390. The van der Waals surface area contributed by atoms with E-state index in [0.29, 0.717) is 25.5 Å². The van der Waals surface area contributed by atoms with E-state index < -0.39 is 5.60 Å². The van der Waals surface area contributed by atoms with Crippen LogP contribution >= 0.6 is 11.6 Å². The fourth-order valence-corrected chi connectivity index (χ4v) is 1.86. The lowest BCUT2D eigenvalue weighted by Crippen LogP contribution is -2.44. The molecule has 1 unspecified atom stereocenters. The van der Waals surface area contributed by atoms with Crippen molar-refractivity contribution in [3.63, 3.8) is 0 Å². The number of urea groups is 1. The second kappa shape index (κ2) is 6.84. The lowest BCUT2D eigenvalue weighted by molar-refractivity contribution is 0.0291. The highest BCUT2D eigenvalue weighted by molar-refractivity contribution is 6.18. The first-order valence-corrected chi connectivity index (χ1v) is 6.93. The van der Waals surface area contributed by atoms with Gasteiger partial charge in [0.2, 0.25) is 0 Å². The van der Waals surface area contributed by atoms with E-state index in [1.54, 1.807) is 4.90 Å². The highest BCUT2D eigenvalue weighted by atomic mass is 35.5. The number of carbonyl (C=O) groups excluding carboxylic acids is 2. The molecule has 1 atom stereocenters. The van der Waals surface area contributed by atoms with Gasteiger partial charge >= 0.3 is 12.1 Å². The lowest BCUT2D eigenvalue weighted by Gasteiger charge is -2.24. The van der Waals surface area contributed by atoms with Crippen molar-refractivity contribution in [2.45, 2.75) is 38.8 Å². The standard InChI is InChI=1S/C12H22ClN3O3/c1-12(2,3)19-11(18)16-7-4-9(8-16)15-10(17)14-6-5-13/h9H,4-8H2,1-3H3,(H2,14,15,17). The average Bonchev–Trinajstić information content (AvgIpc) is 2.72. The molecule has 0 spiro atoms. The predicted octanol–water partition coefficient (Wildman–Crippen LogP) is 1.53. The Labute approximate surface area is 118 Å². The van der Waals surface area contributed by atoms with Crippen molar-refractivity contribution in [2.24, 2.45) is 0 Å². The molecule has 1 fully saturated rings. The summed E-state index contributed by atoms with van der Waals surface area (Å²) in [5.41, 5.74) is -0.500. The van der Waals surface area contributed by atoms with E-state index in [1.165, 1.54) is 0 Å². The van der Waals surface area contributed by atoms with Gasteiger partial charge in [-0.2, -0.15) is 0 Å².